The molecule has 0 saturated carbocycles. The summed E-state index contributed by atoms with van der Waals surface area (Å²) in [7, 11) is 0. The zero-order chi connectivity index (χ0) is 13.0. The maximum atomic E-state index is 12.3. The van der Waals surface area contributed by atoms with Crippen LogP contribution in [0.1, 0.15) is 34.6 Å². The molecule has 0 fully saturated rings. The first kappa shape index (κ1) is 13.1. The van der Waals surface area contributed by atoms with Crippen LogP contribution in [0, 0.1) is 6.92 Å². The van der Waals surface area contributed by atoms with Crippen LogP contribution in [0.5, 0.6) is 0 Å². The molecule has 1 aliphatic rings. The van der Waals surface area contributed by atoms with E-state index in [1.807, 2.05) is 19.1 Å². The summed E-state index contributed by atoms with van der Waals surface area (Å²) in [5, 5.41) is 2.21. The second-order valence-corrected chi connectivity index (χ2v) is 5.22. The van der Waals surface area contributed by atoms with E-state index in [1.165, 1.54) is 0 Å². The van der Waals surface area contributed by atoms with Crippen LogP contribution in [0.15, 0.2) is 24.3 Å². The molecule has 0 atom stereocenters. The van der Waals surface area contributed by atoms with Crippen LogP contribution in [0.3, 0.4) is 0 Å². The Labute approximate surface area is 122 Å². The van der Waals surface area contributed by atoms with E-state index >= 15 is 0 Å². The van der Waals surface area contributed by atoms with Crippen molar-refractivity contribution in [2.24, 2.45) is 0 Å². The van der Waals surface area contributed by atoms with Crippen LogP contribution in [0.2, 0.25) is 0 Å². The van der Waals surface area contributed by atoms with Gasteiger partial charge in [-0.1, -0.05) is 18.2 Å². The number of pyridine rings is 1. The van der Waals surface area contributed by atoms with E-state index in [0.717, 1.165) is 51.6 Å². The summed E-state index contributed by atoms with van der Waals surface area (Å²) in [6.45, 7) is 2.01. The number of aromatic amines is 1. The van der Waals surface area contributed by atoms with E-state index in [-0.39, 0.29) is 18.2 Å². The Morgan fingerprint density at radius 1 is 1.20 bits per heavy atom. The molecule has 2 heterocycles. The number of Topliss-reactive ketones (excluding diaryl/α,β-unsaturated/α-hetero) is 1. The van der Waals surface area contributed by atoms with Crippen molar-refractivity contribution in [3.63, 3.8) is 0 Å². The van der Waals surface area contributed by atoms with Crippen LogP contribution < -0.4 is 0 Å². The fourth-order valence-electron chi connectivity index (χ4n) is 3.15. The Bertz CT molecular complexity index is 835. The molecule has 4 rings (SSSR count). The van der Waals surface area contributed by atoms with Crippen molar-refractivity contribution in [3.8, 4) is 0 Å². The normalized spacial score (nSPS) is 14.3. The van der Waals surface area contributed by atoms with Gasteiger partial charge in [0, 0.05) is 28.3 Å². The summed E-state index contributed by atoms with van der Waals surface area (Å²) in [4.78, 5) is 20.3. The number of nitrogens with one attached hydrogen (secondary N) is 1. The SMILES string of the molecule is Cc1nc2c(c3c1[nH]c1ccccc13)C(=O)CCC2.Cl. The minimum absolute atomic E-state index is 0. The van der Waals surface area contributed by atoms with Crippen molar-refractivity contribution in [2.45, 2.75) is 26.2 Å². The van der Waals surface area contributed by atoms with Gasteiger partial charge in [-0.2, -0.15) is 0 Å². The molecular formula is C16H15ClN2O. The Morgan fingerprint density at radius 2 is 2.00 bits per heavy atom. The van der Waals surface area contributed by atoms with Gasteiger partial charge >= 0.3 is 0 Å². The number of para-hydroxylation sites is 1. The Morgan fingerprint density at radius 3 is 2.85 bits per heavy atom. The first-order valence-corrected chi connectivity index (χ1v) is 6.69. The van der Waals surface area contributed by atoms with E-state index in [0.29, 0.717) is 6.42 Å². The molecule has 0 aliphatic heterocycles. The Hall–Kier alpha value is -1.87. The number of benzene rings is 1. The van der Waals surface area contributed by atoms with Gasteiger partial charge in [0.05, 0.1) is 16.9 Å². The lowest BCUT2D eigenvalue weighted by Gasteiger charge is -2.15. The van der Waals surface area contributed by atoms with Gasteiger partial charge in [-0.15, -0.1) is 12.4 Å². The molecule has 2 aromatic heterocycles. The van der Waals surface area contributed by atoms with Crippen molar-refractivity contribution in [2.75, 3.05) is 0 Å². The first-order valence-electron chi connectivity index (χ1n) is 6.69. The Kier molecular flexibility index (Phi) is 3.02. The van der Waals surface area contributed by atoms with Crippen LogP contribution in [-0.2, 0) is 6.42 Å². The highest BCUT2D eigenvalue weighted by Crippen LogP contribution is 2.34. The summed E-state index contributed by atoms with van der Waals surface area (Å²) in [5.41, 5.74) is 4.90. The largest absolute Gasteiger partial charge is 0.353 e. The summed E-state index contributed by atoms with van der Waals surface area (Å²) in [6.07, 6.45) is 2.48. The van der Waals surface area contributed by atoms with Gasteiger partial charge in [0.25, 0.3) is 0 Å². The molecular weight excluding hydrogens is 272 g/mol. The molecule has 4 heteroatoms. The zero-order valence-electron chi connectivity index (χ0n) is 11.2. The van der Waals surface area contributed by atoms with Crippen molar-refractivity contribution in [1.82, 2.24) is 9.97 Å². The number of H-pyrrole nitrogens is 1. The molecule has 3 aromatic rings. The lowest BCUT2D eigenvalue weighted by atomic mass is 9.91. The van der Waals surface area contributed by atoms with E-state index in [2.05, 4.69) is 22.1 Å². The number of hydrogen-bond acceptors (Lipinski definition) is 2. The number of hydrogen-bond donors (Lipinski definition) is 1. The molecule has 0 amide bonds. The number of aromatic nitrogens is 2. The third-order valence-electron chi connectivity index (χ3n) is 4.01. The highest BCUT2D eigenvalue weighted by molar-refractivity contribution is 6.19. The number of halogens is 1. The lowest BCUT2D eigenvalue weighted by Crippen LogP contribution is -2.13. The third kappa shape index (κ3) is 1.66. The second-order valence-electron chi connectivity index (χ2n) is 5.22. The summed E-state index contributed by atoms with van der Waals surface area (Å²) >= 11 is 0. The maximum Gasteiger partial charge on any atom is 0.165 e. The topological polar surface area (TPSA) is 45.8 Å². The average Bonchev–Trinajstić information content (AvgIpc) is 2.79. The fraction of sp³-hybridized carbons (Fsp3) is 0.250. The summed E-state index contributed by atoms with van der Waals surface area (Å²) < 4.78 is 0. The monoisotopic (exact) mass is 286 g/mol. The predicted molar refractivity (Wildman–Crippen MR) is 82.9 cm³/mol. The predicted octanol–water partition coefficient (Wildman–Crippen LogP) is 3.97. The molecule has 3 nitrogen and oxygen atoms in total. The van der Waals surface area contributed by atoms with Gasteiger partial charge in [-0.3, -0.25) is 9.78 Å². The average molecular weight is 287 g/mol. The minimum atomic E-state index is 0. The Balaban J connectivity index is 0.00000121. The van der Waals surface area contributed by atoms with E-state index < -0.39 is 0 Å². The second kappa shape index (κ2) is 4.60. The first-order chi connectivity index (χ1) is 9.25. The van der Waals surface area contributed by atoms with Crippen LogP contribution in [-0.4, -0.2) is 15.8 Å². The van der Waals surface area contributed by atoms with Gasteiger partial charge in [-0.25, -0.2) is 0 Å². The highest BCUT2D eigenvalue weighted by Gasteiger charge is 2.24. The molecule has 102 valence electrons. The maximum absolute atomic E-state index is 12.3. The van der Waals surface area contributed by atoms with E-state index in [4.69, 9.17) is 0 Å². The minimum Gasteiger partial charge on any atom is -0.353 e. The number of aryl methyl sites for hydroxylation is 2. The smallest absolute Gasteiger partial charge is 0.165 e. The quantitative estimate of drug-likeness (QED) is 0.680. The van der Waals surface area contributed by atoms with Crippen molar-refractivity contribution < 1.29 is 4.79 Å². The van der Waals surface area contributed by atoms with Crippen LogP contribution >= 0.6 is 12.4 Å². The lowest BCUT2D eigenvalue weighted by molar-refractivity contribution is 0.0973. The number of nitrogens with zero attached hydrogens (tertiary/aromatic N) is 1. The van der Waals surface area contributed by atoms with E-state index in [9.17, 15) is 4.79 Å². The van der Waals surface area contributed by atoms with Gasteiger partial charge in [-0.05, 0) is 25.8 Å². The molecule has 1 aromatic carbocycles. The number of ketones is 1. The molecule has 0 spiro atoms. The van der Waals surface area contributed by atoms with Crippen molar-refractivity contribution in [3.05, 3.63) is 41.2 Å². The number of carbonyl (C=O) groups excluding carboxylic acids is 1. The number of rotatable bonds is 0. The van der Waals surface area contributed by atoms with Crippen molar-refractivity contribution >= 4 is 40.0 Å². The standard InChI is InChI=1S/C16H14N2O.ClH/c1-9-16-14(10-5-2-3-6-11(10)18-16)15-12(17-9)7-4-8-13(15)19;/h2-3,5-6,18H,4,7-8H2,1H3;1H. The van der Waals surface area contributed by atoms with Gasteiger partial charge < -0.3 is 4.98 Å². The van der Waals surface area contributed by atoms with Gasteiger partial charge in [0.2, 0.25) is 0 Å². The van der Waals surface area contributed by atoms with Crippen LogP contribution in [0.4, 0.5) is 0 Å². The number of fused-ring (bicyclic) bond motifs is 5. The highest BCUT2D eigenvalue weighted by atomic mass is 35.5. The van der Waals surface area contributed by atoms with Gasteiger partial charge in [0.1, 0.15) is 0 Å². The molecule has 0 saturated heterocycles. The third-order valence-corrected chi connectivity index (χ3v) is 4.01. The summed E-state index contributed by atoms with van der Waals surface area (Å²) in [5.74, 6) is 0.239. The zero-order valence-corrected chi connectivity index (χ0v) is 12.0. The number of carbonyl (C=O) groups is 1. The van der Waals surface area contributed by atoms with Gasteiger partial charge in [0.15, 0.2) is 5.78 Å². The summed E-state index contributed by atoms with van der Waals surface area (Å²) in [6, 6.07) is 8.16. The molecule has 0 bridgehead atoms. The molecule has 1 N–H and O–H groups in total. The van der Waals surface area contributed by atoms with Crippen molar-refractivity contribution in [1.29, 1.82) is 0 Å². The molecule has 0 unspecified atom stereocenters. The molecule has 0 radical (unpaired) electrons. The fourth-order valence-corrected chi connectivity index (χ4v) is 3.15. The molecule has 1 aliphatic carbocycles. The molecule has 20 heavy (non-hydrogen) atoms. The van der Waals surface area contributed by atoms with E-state index in [1.54, 1.807) is 0 Å². The van der Waals surface area contributed by atoms with Crippen LogP contribution in [0.25, 0.3) is 21.8 Å².